The Balaban J connectivity index is 2.98. The van der Waals surface area contributed by atoms with Crippen LogP contribution >= 0.6 is 0 Å². The first-order valence-corrected chi connectivity index (χ1v) is 7.50. The number of carbonyl (C=O) groups is 1. The second kappa shape index (κ2) is 6.62. The number of sulfonamides is 1. The van der Waals surface area contributed by atoms with Crippen molar-refractivity contribution in [1.29, 1.82) is 0 Å². The number of rotatable bonds is 6. The van der Waals surface area contributed by atoms with Gasteiger partial charge in [-0.1, -0.05) is 6.08 Å². The zero-order valence-electron chi connectivity index (χ0n) is 11.2. The number of benzene rings is 1. The summed E-state index contributed by atoms with van der Waals surface area (Å²) in [7, 11) is -2.49. The second-order valence-corrected chi connectivity index (χ2v) is 5.94. The zero-order chi connectivity index (χ0) is 15.3. The van der Waals surface area contributed by atoms with Crippen molar-refractivity contribution in [2.75, 3.05) is 13.6 Å². The normalized spacial score (nSPS) is 11.2. The van der Waals surface area contributed by atoms with Crippen LogP contribution in [0.25, 0.3) is 0 Å². The van der Waals surface area contributed by atoms with Crippen LogP contribution in [0, 0.1) is 5.82 Å². The third-order valence-electron chi connectivity index (χ3n) is 2.70. The maximum Gasteiger partial charge on any atom is 0.253 e. The molecule has 0 radical (unpaired) electrons. The molecular weight excluding hydrogens is 283 g/mol. The summed E-state index contributed by atoms with van der Waals surface area (Å²) in [6.07, 6.45) is 3.21. The molecule has 0 spiro atoms. The monoisotopic (exact) mass is 300 g/mol. The van der Waals surface area contributed by atoms with E-state index >= 15 is 0 Å². The van der Waals surface area contributed by atoms with Crippen molar-refractivity contribution in [3.8, 4) is 0 Å². The van der Waals surface area contributed by atoms with Gasteiger partial charge in [-0.15, -0.1) is 6.58 Å². The summed E-state index contributed by atoms with van der Waals surface area (Å²) in [5.41, 5.74) is -0.0462. The van der Waals surface area contributed by atoms with E-state index in [2.05, 4.69) is 6.58 Å². The molecule has 2 N–H and O–H groups in total. The summed E-state index contributed by atoms with van der Waals surface area (Å²) < 4.78 is 35.8. The maximum atomic E-state index is 13.4. The number of nitrogens with two attached hydrogens (primary N) is 1. The molecule has 0 heterocycles. The summed E-state index contributed by atoms with van der Waals surface area (Å²) in [6.45, 7) is 4.04. The van der Waals surface area contributed by atoms with Crippen molar-refractivity contribution >= 4 is 15.9 Å². The van der Waals surface area contributed by atoms with Gasteiger partial charge in [0.1, 0.15) is 5.82 Å². The lowest BCUT2D eigenvalue weighted by Crippen LogP contribution is -2.28. The van der Waals surface area contributed by atoms with Gasteiger partial charge in [0, 0.05) is 19.2 Å². The van der Waals surface area contributed by atoms with Crippen LogP contribution in [0.5, 0.6) is 0 Å². The van der Waals surface area contributed by atoms with Crippen molar-refractivity contribution in [2.45, 2.75) is 17.7 Å². The maximum absolute atomic E-state index is 13.4. The van der Waals surface area contributed by atoms with E-state index in [-0.39, 0.29) is 5.56 Å². The predicted octanol–water partition coefficient (Wildman–Crippen LogP) is 1.51. The number of primary sulfonamides is 1. The molecule has 0 saturated heterocycles. The zero-order valence-corrected chi connectivity index (χ0v) is 12.0. The first-order valence-electron chi connectivity index (χ1n) is 5.95. The quantitative estimate of drug-likeness (QED) is 0.639. The molecular formula is C13H17FN2O3S. The van der Waals surface area contributed by atoms with Crippen molar-refractivity contribution in [3.05, 3.63) is 42.2 Å². The van der Waals surface area contributed by atoms with E-state index in [1.54, 1.807) is 13.1 Å². The fraction of sp³-hybridized carbons (Fsp3) is 0.308. The Morgan fingerprint density at radius 3 is 2.65 bits per heavy atom. The van der Waals surface area contributed by atoms with Crippen LogP contribution in [-0.4, -0.2) is 32.8 Å². The minimum Gasteiger partial charge on any atom is -0.342 e. The third-order valence-corrected chi connectivity index (χ3v) is 3.59. The molecule has 0 aliphatic rings. The molecule has 0 bridgehead atoms. The number of nitrogens with zero attached hydrogens (tertiary/aromatic N) is 1. The van der Waals surface area contributed by atoms with Crippen LogP contribution in [0.1, 0.15) is 23.2 Å². The smallest absolute Gasteiger partial charge is 0.253 e. The van der Waals surface area contributed by atoms with E-state index < -0.39 is 26.6 Å². The SMILES string of the molecule is C=CCCCN(C)C(=O)c1cc(F)cc(S(N)(=O)=O)c1. The average molecular weight is 300 g/mol. The topological polar surface area (TPSA) is 80.5 Å². The largest absolute Gasteiger partial charge is 0.342 e. The highest BCUT2D eigenvalue weighted by Crippen LogP contribution is 2.15. The van der Waals surface area contributed by atoms with Crippen LogP contribution < -0.4 is 5.14 Å². The molecule has 0 unspecified atom stereocenters. The number of halogens is 1. The van der Waals surface area contributed by atoms with E-state index in [0.29, 0.717) is 6.54 Å². The number of unbranched alkanes of at least 4 members (excludes halogenated alkanes) is 1. The summed E-state index contributed by atoms with van der Waals surface area (Å²) in [6, 6.07) is 2.84. The Kier molecular flexibility index (Phi) is 5.41. The van der Waals surface area contributed by atoms with Crippen LogP contribution in [0.15, 0.2) is 35.7 Å². The van der Waals surface area contributed by atoms with Crippen LogP contribution in [0.4, 0.5) is 4.39 Å². The van der Waals surface area contributed by atoms with Gasteiger partial charge in [-0.05, 0) is 31.0 Å². The number of hydrogen-bond donors (Lipinski definition) is 1. The Morgan fingerprint density at radius 2 is 2.10 bits per heavy atom. The second-order valence-electron chi connectivity index (χ2n) is 4.38. The molecule has 1 aromatic rings. The van der Waals surface area contributed by atoms with Gasteiger partial charge in [0.15, 0.2) is 0 Å². The summed E-state index contributed by atoms with van der Waals surface area (Å²) in [5, 5.41) is 4.94. The Morgan fingerprint density at radius 1 is 1.45 bits per heavy atom. The van der Waals surface area contributed by atoms with Crippen molar-refractivity contribution < 1.29 is 17.6 Å². The van der Waals surface area contributed by atoms with Crippen LogP contribution in [0.3, 0.4) is 0 Å². The van der Waals surface area contributed by atoms with Gasteiger partial charge >= 0.3 is 0 Å². The lowest BCUT2D eigenvalue weighted by Gasteiger charge is -2.17. The van der Waals surface area contributed by atoms with Gasteiger partial charge in [0.05, 0.1) is 4.90 Å². The first kappa shape index (κ1) is 16.3. The number of allylic oxidation sites excluding steroid dienone is 1. The van der Waals surface area contributed by atoms with E-state index in [9.17, 15) is 17.6 Å². The standard InChI is InChI=1S/C13H17FN2O3S/c1-3-4-5-6-16(2)13(17)10-7-11(14)9-12(8-10)20(15,18)19/h3,7-9H,1,4-6H2,2H3,(H2,15,18,19). The minimum absolute atomic E-state index is 0.0462. The summed E-state index contributed by atoms with van der Waals surface area (Å²) >= 11 is 0. The predicted molar refractivity (Wildman–Crippen MR) is 74.2 cm³/mol. The molecule has 0 atom stereocenters. The van der Waals surface area contributed by atoms with Crippen LogP contribution in [0.2, 0.25) is 0 Å². The number of hydrogen-bond acceptors (Lipinski definition) is 3. The highest BCUT2D eigenvalue weighted by atomic mass is 32.2. The highest BCUT2D eigenvalue weighted by molar-refractivity contribution is 7.89. The molecule has 7 heteroatoms. The van der Waals surface area contributed by atoms with E-state index in [1.807, 2.05) is 0 Å². The van der Waals surface area contributed by atoms with Crippen molar-refractivity contribution in [1.82, 2.24) is 4.90 Å². The molecule has 0 fully saturated rings. The number of amides is 1. The van der Waals surface area contributed by atoms with Gasteiger partial charge in [-0.3, -0.25) is 4.79 Å². The molecule has 1 amide bonds. The molecule has 20 heavy (non-hydrogen) atoms. The van der Waals surface area contributed by atoms with Gasteiger partial charge in [-0.2, -0.15) is 0 Å². The molecule has 0 aliphatic heterocycles. The Hall–Kier alpha value is -1.73. The van der Waals surface area contributed by atoms with E-state index in [0.717, 1.165) is 31.0 Å². The molecule has 110 valence electrons. The molecule has 1 rings (SSSR count). The highest BCUT2D eigenvalue weighted by Gasteiger charge is 2.17. The minimum atomic E-state index is -4.05. The van der Waals surface area contributed by atoms with E-state index in [4.69, 9.17) is 5.14 Å². The van der Waals surface area contributed by atoms with Crippen molar-refractivity contribution in [2.24, 2.45) is 5.14 Å². The van der Waals surface area contributed by atoms with E-state index in [1.165, 1.54) is 4.90 Å². The van der Waals surface area contributed by atoms with Gasteiger partial charge in [0.2, 0.25) is 10.0 Å². The molecule has 0 aliphatic carbocycles. The molecule has 1 aromatic carbocycles. The molecule has 0 aromatic heterocycles. The average Bonchev–Trinajstić information content (AvgIpc) is 2.36. The number of carbonyl (C=O) groups excluding carboxylic acids is 1. The molecule has 0 saturated carbocycles. The van der Waals surface area contributed by atoms with Crippen molar-refractivity contribution in [3.63, 3.8) is 0 Å². The summed E-state index contributed by atoms with van der Waals surface area (Å²) in [5.74, 6) is -1.28. The fourth-order valence-electron chi connectivity index (χ4n) is 1.65. The molecule has 5 nitrogen and oxygen atoms in total. The first-order chi connectivity index (χ1) is 9.25. The lowest BCUT2D eigenvalue weighted by molar-refractivity contribution is 0.0793. The lowest BCUT2D eigenvalue weighted by atomic mass is 10.2. The summed E-state index contributed by atoms with van der Waals surface area (Å²) in [4.78, 5) is 13.0. The Bertz CT molecular complexity index is 614. The third kappa shape index (κ3) is 4.43. The van der Waals surface area contributed by atoms with Gasteiger partial charge in [-0.25, -0.2) is 17.9 Å². The Labute approximate surface area is 117 Å². The van der Waals surface area contributed by atoms with Gasteiger partial charge in [0.25, 0.3) is 5.91 Å². The van der Waals surface area contributed by atoms with Gasteiger partial charge < -0.3 is 4.90 Å². The van der Waals surface area contributed by atoms with Crippen LogP contribution in [-0.2, 0) is 10.0 Å². The fourth-order valence-corrected chi connectivity index (χ4v) is 2.21.